The van der Waals surface area contributed by atoms with Crippen LogP contribution in [0.4, 0.5) is 5.69 Å². The van der Waals surface area contributed by atoms with Crippen LogP contribution in [-0.4, -0.2) is 40.2 Å². The van der Waals surface area contributed by atoms with E-state index >= 15 is 0 Å². The second-order valence-electron chi connectivity index (χ2n) is 7.23. The SMILES string of the molecule is CC1CN(Cc2ccc3[nH]c(-c4cc(N)c[nH]c4=O)cc3c2)CC(C)O1. The smallest absolute Gasteiger partial charge is 0.257 e. The van der Waals surface area contributed by atoms with Crippen LogP contribution in [-0.2, 0) is 11.3 Å². The van der Waals surface area contributed by atoms with Gasteiger partial charge in [0.15, 0.2) is 0 Å². The van der Waals surface area contributed by atoms with Gasteiger partial charge in [0, 0.05) is 42.4 Å². The number of fused-ring (bicyclic) bond motifs is 1. The molecule has 26 heavy (non-hydrogen) atoms. The van der Waals surface area contributed by atoms with Gasteiger partial charge in [-0.1, -0.05) is 6.07 Å². The number of morpholine rings is 1. The average Bonchev–Trinajstić information content (AvgIpc) is 2.99. The molecule has 1 aliphatic heterocycles. The molecule has 1 fully saturated rings. The first-order valence-electron chi connectivity index (χ1n) is 8.96. The molecule has 0 bridgehead atoms. The number of H-pyrrole nitrogens is 2. The van der Waals surface area contributed by atoms with Crippen LogP contribution in [0, 0.1) is 0 Å². The van der Waals surface area contributed by atoms with Crippen molar-refractivity contribution in [2.45, 2.75) is 32.6 Å². The highest BCUT2D eigenvalue weighted by Gasteiger charge is 2.22. The van der Waals surface area contributed by atoms with E-state index in [1.807, 2.05) is 6.07 Å². The summed E-state index contributed by atoms with van der Waals surface area (Å²) in [7, 11) is 0. The van der Waals surface area contributed by atoms with Crippen LogP contribution < -0.4 is 11.3 Å². The van der Waals surface area contributed by atoms with Gasteiger partial charge in [-0.25, -0.2) is 0 Å². The summed E-state index contributed by atoms with van der Waals surface area (Å²) in [6, 6.07) is 10.1. The third kappa shape index (κ3) is 3.38. The Hall–Kier alpha value is -2.57. The Morgan fingerprint density at radius 3 is 2.73 bits per heavy atom. The van der Waals surface area contributed by atoms with E-state index in [9.17, 15) is 4.79 Å². The van der Waals surface area contributed by atoms with Gasteiger partial charge >= 0.3 is 0 Å². The number of anilines is 1. The van der Waals surface area contributed by atoms with Gasteiger partial charge in [0.1, 0.15) is 0 Å². The van der Waals surface area contributed by atoms with Crippen molar-refractivity contribution in [3.05, 3.63) is 52.4 Å². The summed E-state index contributed by atoms with van der Waals surface area (Å²) in [6.07, 6.45) is 2.03. The van der Waals surface area contributed by atoms with Gasteiger partial charge in [0.05, 0.1) is 23.5 Å². The summed E-state index contributed by atoms with van der Waals surface area (Å²) in [5, 5.41) is 1.09. The molecule has 0 spiro atoms. The number of nitrogens with one attached hydrogen (secondary N) is 2. The van der Waals surface area contributed by atoms with Crippen LogP contribution in [0.2, 0.25) is 0 Å². The van der Waals surface area contributed by atoms with E-state index in [0.29, 0.717) is 11.3 Å². The fourth-order valence-electron chi connectivity index (χ4n) is 3.80. The normalized spacial score (nSPS) is 21.3. The second kappa shape index (κ2) is 6.63. The molecule has 0 saturated carbocycles. The molecule has 3 aromatic rings. The number of benzene rings is 1. The number of aromatic nitrogens is 2. The van der Waals surface area contributed by atoms with Gasteiger partial charge in [0.25, 0.3) is 5.56 Å². The van der Waals surface area contributed by atoms with E-state index in [-0.39, 0.29) is 17.8 Å². The largest absolute Gasteiger partial charge is 0.398 e. The van der Waals surface area contributed by atoms with Gasteiger partial charge in [-0.05, 0) is 43.7 Å². The third-order valence-electron chi connectivity index (χ3n) is 4.80. The number of rotatable bonds is 3. The molecule has 2 aromatic heterocycles. The van der Waals surface area contributed by atoms with Crippen LogP contribution in [0.25, 0.3) is 22.2 Å². The maximum Gasteiger partial charge on any atom is 0.257 e. The number of nitrogens with zero attached hydrogens (tertiary/aromatic N) is 1. The van der Waals surface area contributed by atoms with Crippen LogP contribution in [0.3, 0.4) is 0 Å². The highest BCUT2D eigenvalue weighted by Crippen LogP contribution is 2.24. The van der Waals surface area contributed by atoms with E-state index in [2.05, 4.69) is 46.9 Å². The molecular weight excluding hydrogens is 328 g/mol. The minimum absolute atomic E-state index is 0.151. The Kier molecular flexibility index (Phi) is 4.30. The monoisotopic (exact) mass is 352 g/mol. The maximum absolute atomic E-state index is 12.1. The maximum atomic E-state index is 12.1. The predicted octanol–water partition coefficient (Wildman–Crippen LogP) is 2.71. The number of aromatic amines is 2. The fourth-order valence-corrected chi connectivity index (χ4v) is 3.80. The first-order chi connectivity index (χ1) is 12.5. The molecule has 2 unspecified atom stereocenters. The van der Waals surface area contributed by atoms with Crippen LogP contribution in [0.1, 0.15) is 19.4 Å². The fraction of sp³-hybridized carbons (Fsp3) is 0.350. The molecule has 4 N–H and O–H groups in total. The lowest BCUT2D eigenvalue weighted by atomic mass is 10.1. The molecule has 2 atom stereocenters. The summed E-state index contributed by atoms with van der Waals surface area (Å²) >= 11 is 0. The first-order valence-corrected chi connectivity index (χ1v) is 8.96. The minimum atomic E-state index is -0.151. The lowest BCUT2D eigenvalue weighted by Crippen LogP contribution is -2.44. The molecule has 1 saturated heterocycles. The van der Waals surface area contributed by atoms with Crippen molar-refractivity contribution in [1.29, 1.82) is 0 Å². The van der Waals surface area contributed by atoms with E-state index in [1.165, 1.54) is 11.8 Å². The molecular formula is C20H24N4O2. The second-order valence-corrected chi connectivity index (χ2v) is 7.23. The first kappa shape index (κ1) is 16.9. The summed E-state index contributed by atoms with van der Waals surface area (Å²) in [5.41, 5.74) is 9.79. The molecule has 1 aromatic carbocycles. The van der Waals surface area contributed by atoms with E-state index < -0.39 is 0 Å². The topological polar surface area (TPSA) is 87.1 Å². The summed E-state index contributed by atoms with van der Waals surface area (Å²) in [6.45, 7) is 7.02. The van der Waals surface area contributed by atoms with Crippen molar-refractivity contribution >= 4 is 16.6 Å². The van der Waals surface area contributed by atoms with Crippen molar-refractivity contribution in [2.75, 3.05) is 18.8 Å². The third-order valence-corrected chi connectivity index (χ3v) is 4.80. The molecule has 3 heterocycles. The number of nitrogens with two attached hydrogens (primary N) is 1. The highest BCUT2D eigenvalue weighted by atomic mass is 16.5. The van der Waals surface area contributed by atoms with Crippen molar-refractivity contribution in [2.24, 2.45) is 0 Å². The van der Waals surface area contributed by atoms with Crippen molar-refractivity contribution in [3.8, 4) is 11.3 Å². The van der Waals surface area contributed by atoms with Gasteiger partial charge in [0.2, 0.25) is 0 Å². The van der Waals surface area contributed by atoms with Crippen molar-refractivity contribution < 1.29 is 4.74 Å². The number of ether oxygens (including phenoxy) is 1. The van der Waals surface area contributed by atoms with Gasteiger partial charge in [-0.3, -0.25) is 9.69 Å². The minimum Gasteiger partial charge on any atom is -0.398 e. The van der Waals surface area contributed by atoms with Gasteiger partial charge in [-0.15, -0.1) is 0 Å². The van der Waals surface area contributed by atoms with Crippen LogP contribution >= 0.6 is 0 Å². The lowest BCUT2D eigenvalue weighted by molar-refractivity contribution is -0.0704. The molecule has 1 aliphatic rings. The molecule has 0 radical (unpaired) electrons. The molecule has 136 valence electrons. The molecule has 0 aliphatic carbocycles. The van der Waals surface area contributed by atoms with E-state index in [4.69, 9.17) is 10.5 Å². The summed E-state index contributed by atoms with van der Waals surface area (Å²) < 4.78 is 5.81. The predicted molar refractivity (Wildman–Crippen MR) is 104 cm³/mol. The van der Waals surface area contributed by atoms with Crippen molar-refractivity contribution in [3.63, 3.8) is 0 Å². The lowest BCUT2D eigenvalue weighted by Gasteiger charge is -2.35. The molecule has 6 heteroatoms. The zero-order valence-corrected chi connectivity index (χ0v) is 15.1. The summed E-state index contributed by atoms with van der Waals surface area (Å²) in [4.78, 5) is 20.5. The van der Waals surface area contributed by atoms with Gasteiger partial charge < -0.3 is 20.4 Å². The zero-order chi connectivity index (χ0) is 18.3. The Balaban J connectivity index is 1.62. The number of hydrogen-bond donors (Lipinski definition) is 3. The average molecular weight is 352 g/mol. The molecule has 6 nitrogen and oxygen atoms in total. The number of nitrogen functional groups attached to an aromatic ring is 1. The van der Waals surface area contributed by atoms with Gasteiger partial charge in [-0.2, -0.15) is 0 Å². The molecule has 0 amide bonds. The number of hydrogen-bond acceptors (Lipinski definition) is 4. The van der Waals surface area contributed by atoms with Crippen LogP contribution in [0.5, 0.6) is 0 Å². The Labute approximate surface area is 152 Å². The summed E-state index contributed by atoms with van der Waals surface area (Å²) in [5.74, 6) is 0. The highest BCUT2D eigenvalue weighted by molar-refractivity contribution is 5.86. The zero-order valence-electron chi connectivity index (χ0n) is 15.1. The Morgan fingerprint density at radius 2 is 1.96 bits per heavy atom. The Bertz CT molecular complexity index is 981. The van der Waals surface area contributed by atoms with Crippen LogP contribution in [0.15, 0.2) is 41.3 Å². The standard InChI is InChI=1S/C20H24N4O2/c1-12-9-24(10-13(2)26-12)11-14-3-4-18-15(5-14)6-19(23-18)17-7-16(21)8-22-20(17)25/h3-8,12-13,23H,9-11,21H2,1-2H3,(H,22,25). The Morgan fingerprint density at radius 1 is 1.19 bits per heavy atom. The van der Waals surface area contributed by atoms with Crippen molar-refractivity contribution in [1.82, 2.24) is 14.9 Å². The quantitative estimate of drug-likeness (QED) is 0.676. The number of pyridine rings is 1. The molecule has 4 rings (SSSR count). The van der Waals surface area contributed by atoms with E-state index in [1.54, 1.807) is 6.07 Å². The van der Waals surface area contributed by atoms with E-state index in [0.717, 1.165) is 36.2 Å².